The van der Waals surface area contributed by atoms with Gasteiger partial charge in [0, 0.05) is 18.1 Å². The topological polar surface area (TPSA) is 16.1 Å². The highest BCUT2D eigenvalue weighted by Crippen LogP contribution is 2.26. The minimum Gasteiger partial charge on any atom is -0.368 e. The first kappa shape index (κ1) is 13.0. The maximum atomic E-state index is 12.5. The van der Waals surface area contributed by atoms with Gasteiger partial charge in [0.2, 0.25) is 0 Å². The van der Waals surface area contributed by atoms with Gasteiger partial charge in [0.15, 0.2) is 0 Å². The van der Waals surface area contributed by atoms with E-state index >= 15 is 0 Å². The van der Waals surface area contributed by atoms with Crippen molar-refractivity contribution in [1.82, 2.24) is 4.98 Å². The Morgan fingerprint density at radius 1 is 1.33 bits per heavy atom. The second-order valence-electron chi connectivity index (χ2n) is 4.06. The van der Waals surface area contributed by atoms with E-state index in [4.69, 9.17) is 11.6 Å². The number of para-hydroxylation sites is 1. The lowest BCUT2D eigenvalue weighted by Gasteiger charge is -2.21. The van der Waals surface area contributed by atoms with Crippen LogP contribution in [-0.2, 0) is 5.88 Å². The summed E-state index contributed by atoms with van der Waals surface area (Å²) in [5, 5.41) is 0.856. The molecule has 0 spiro atoms. The van der Waals surface area contributed by atoms with Crippen molar-refractivity contribution in [2.24, 2.45) is 0 Å². The fourth-order valence-electron chi connectivity index (χ4n) is 1.90. The molecule has 0 fully saturated rings. The van der Waals surface area contributed by atoms with E-state index in [0.29, 0.717) is 5.69 Å². The summed E-state index contributed by atoms with van der Waals surface area (Å²) in [6, 6.07) is 9.22. The summed E-state index contributed by atoms with van der Waals surface area (Å²) in [6.07, 6.45) is -2.37. The monoisotopic (exact) mass is 270 g/mol. The SMILES string of the molecule is CN(CC(F)F)c1cc(CCl)nc2ccccc12. The van der Waals surface area contributed by atoms with E-state index in [1.807, 2.05) is 24.3 Å². The van der Waals surface area contributed by atoms with Crippen molar-refractivity contribution < 1.29 is 8.78 Å². The summed E-state index contributed by atoms with van der Waals surface area (Å²) in [7, 11) is 1.64. The zero-order chi connectivity index (χ0) is 13.1. The predicted molar refractivity (Wildman–Crippen MR) is 70.6 cm³/mol. The molecule has 0 atom stereocenters. The molecule has 0 aliphatic heterocycles. The Bertz CT molecular complexity index is 546. The molecular formula is C13H13ClF2N2. The number of nitrogens with zero attached hydrogens (tertiary/aromatic N) is 2. The molecule has 0 unspecified atom stereocenters. The number of hydrogen-bond acceptors (Lipinski definition) is 2. The minimum absolute atomic E-state index is 0.264. The lowest BCUT2D eigenvalue weighted by molar-refractivity contribution is 0.156. The zero-order valence-electron chi connectivity index (χ0n) is 9.91. The van der Waals surface area contributed by atoms with Gasteiger partial charge in [-0.3, -0.25) is 4.98 Å². The van der Waals surface area contributed by atoms with Crippen molar-refractivity contribution in [3.05, 3.63) is 36.0 Å². The molecule has 0 aliphatic carbocycles. The van der Waals surface area contributed by atoms with E-state index in [-0.39, 0.29) is 12.4 Å². The predicted octanol–water partition coefficient (Wildman–Crippen LogP) is 3.67. The van der Waals surface area contributed by atoms with E-state index < -0.39 is 6.43 Å². The van der Waals surface area contributed by atoms with Crippen LogP contribution in [0, 0.1) is 0 Å². The summed E-state index contributed by atoms with van der Waals surface area (Å²) in [6.45, 7) is -0.310. The summed E-state index contributed by atoms with van der Waals surface area (Å²) >= 11 is 5.78. The number of hydrogen-bond donors (Lipinski definition) is 0. The molecular weight excluding hydrogens is 258 g/mol. The third-order valence-corrected chi connectivity index (χ3v) is 2.98. The molecule has 96 valence electrons. The van der Waals surface area contributed by atoms with Gasteiger partial charge in [-0.25, -0.2) is 8.78 Å². The normalized spacial score (nSPS) is 11.2. The van der Waals surface area contributed by atoms with Gasteiger partial charge < -0.3 is 4.90 Å². The number of pyridine rings is 1. The summed E-state index contributed by atoms with van der Waals surface area (Å²) in [4.78, 5) is 5.90. The van der Waals surface area contributed by atoms with Gasteiger partial charge in [-0.1, -0.05) is 18.2 Å². The lowest BCUT2D eigenvalue weighted by Crippen LogP contribution is -2.24. The maximum absolute atomic E-state index is 12.5. The average Bonchev–Trinajstić information content (AvgIpc) is 2.36. The van der Waals surface area contributed by atoms with Crippen LogP contribution in [-0.4, -0.2) is 25.0 Å². The number of anilines is 1. The van der Waals surface area contributed by atoms with Crippen molar-refractivity contribution in [3.63, 3.8) is 0 Å². The van der Waals surface area contributed by atoms with Crippen LogP contribution in [0.1, 0.15) is 5.69 Å². The fraction of sp³-hybridized carbons (Fsp3) is 0.308. The molecule has 2 rings (SSSR count). The number of aromatic nitrogens is 1. The number of fused-ring (bicyclic) bond motifs is 1. The van der Waals surface area contributed by atoms with Crippen molar-refractivity contribution in [3.8, 4) is 0 Å². The van der Waals surface area contributed by atoms with Crippen LogP contribution in [0.25, 0.3) is 10.9 Å². The Hall–Kier alpha value is -1.42. The molecule has 5 heteroatoms. The quantitative estimate of drug-likeness (QED) is 0.788. The third kappa shape index (κ3) is 2.70. The molecule has 0 aliphatic rings. The first-order chi connectivity index (χ1) is 8.61. The molecule has 18 heavy (non-hydrogen) atoms. The maximum Gasteiger partial charge on any atom is 0.255 e. The Labute approximate surface area is 109 Å². The zero-order valence-corrected chi connectivity index (χ0v) is 10.7. The van der Waals surface area contributed by atoms with Crippen LogP contribution in [0.4, 0.5) is 14.5 Å². The van der Waals surface area contributed by atoms with Crippen LogP contribution in [0.3, 0.4) is 0 Å². The second kappa shape index (κ2) is 5.48. The van der Waals surface area contributed by atoms with Crippen molar-refractivity contribution in [2.75, 3.05) is 18.5 Å². The third-order valence-electron chi connectivity index (χ3n) is 2.71. The van der Waals surface area contributed by atoms with Crippen LogP contribution < -0.4 is 4.90 Å². The highest BCUT2D eigenvalue weighted by molar-refractivity contribution is 6.17. The Balaban J connectivity index is 2.53. The van der Waals surface area contributed by atoms with Gasteiger partial charge in [-0.05, 0) is 12.1 Å². The molecule has 1 aromatic heterocycles. The number of halogens is 3. The minimum atomic E-state index is -2.37. The summed E-state index contributed by atoms with van der Waals surface area (Å²) in [5.74, 6) is 0.264. The van der Waals surface area contributed by atoms with Crippen LogP contribution in [0.15, 0.2) is 30.3 Å². The van der Waals surface area contributed by atoms with E-state index in [1.54, 1.807) is 13.1 Å². The molecule has 0 saturated carbocycles. The number of benzene rings is 1. The lowest BCUT2D eigenvalue weighted by atomic mass is 10.1. The highest BCUT2D eigenvalue weighted by atomic mass is 35.5. The molecule has 0 N–H and O–H groups in total. The van der Waals surface area contributed by atoms with E-state index in [9.17, 15) is 8.78 Å². The molecule has 0 radical (unpaired) electrons. The van der Waals surface area contributed by atoms with E-state index in [1.165, 1.54) is 4.90 Å². The first-order valence-electron chi connectivity index (χ1n) is 5.55. The van der Waals surface area contributed by atoms with Crippen molar-refractivity contribution in [2.45, 2.75) is 12.3 Å². The average molecular weight is 271 g/mol. The summed E-state index contributed by atoms with van der Waals surface area (Å²) in [5.41, 5.74) is 2.19. The van der Waals surface area contributed by atoms with Crippen LogP contribution in [0.2, 0.25) is 0 Å². The molecule has 2 nitrogen and oxygen atoms in total. The highest BCUT2D eigenvalue weighted by Gasteiger charge is 2.13. The standard InChI is InChI=1S/C13H13ClF2N2/c1-18(8-13(15)16)12-6-9(7-14)17-11-5-3-2-4-10(11)12/h2-6,13H,7-8H2,1H3. The largest absolute Gasteiger partial charge is 0.368 e. The second-order valence-corrected chi connectivity index (χ2v) is 4.32. The fourth-order valence-corrected chi connectivity index (χ4v) is 2.04. The van der Waals surface area contributed by atoms with Gasteiger partial charge in [0.05, 0.1) is 23.6 Å². The van der Waals surface area contributed by atoms with Crippen LogP contribution in [0.5, 0.6) is 0 Å². The van der Waals surface area contributed by atoms with Gasteiger partial charge in [-0.15, -0.1) is 11.6 Å². The molecule has 0 amide bonds. The van der Waals surface area contributed by atoms with Gasteiger partial charge in [0.25, 0.3) is 6.43 Å². The van der Waals surface area contributed by atoms with Gasteiger partial charge in [0.1, 0.15) is 0 Å². The molecule has 1 aromatic carbocycles. The molecule has 1 heterocycles. The van der Waals surface area contributed by atoms with Crippen LogP contribution >= 0.6 is 11.6 Å². The number of alkyl halides is 3. The smallest absolute Gasteiger partial charge is 0.255 e. The van der Waals surface area contributed by atoms with E-state index in [2.05, 4.69) is 4.98 Å². The van der Waals surface area contributed by atoms with Crippen molar-refractivity contribution in [1.29, 1.82) is 0 Å². The molecule has 0 saturated heterocycles. The van der Waals surface area contributed by atoms with Gasteiger partial charge >= 0.3 is 0 Å². The Morgan fingerprint density at radius 2 is 2.06 bits per heavy atom. The molecule has 2 aromatic rings. The van der Waals surface area contributed by atoms with E-state index in [0.717, 1.165) is 16.6 Å². The first-order valence-corrected chi connectivity index (χ1v) is 6.09. The Morgan fingerprint density at radius 3 is 2.72 bits per heavy atom. The number of rotatable bonds is 4. The molecule has 0 bridgehead atoms. The Kier molecular flexibility index (Phi) is 3.97. The van der Waals surface area contributed by atoms with Gasteiger partial charge in [-0.2, -0.15) is 0 Å². The van der Waals surface area contributed by atoms with Crippen molar-refractivity contribution >= 4 is 28.2 Å². The summed E-state index contributed by atoms with van der Waals surface area (Å²) < 4.78 is 24.9.